The summed E-state index contributed by atoms with van der Waals surface area (Å²) in [6.45, 7) is 4.53. The highest BCUT2D eigenvalue weighted by Gasteiger charge is 2.54. The number of para-hydroxylation sites is 1. The van der Waals surface area contributed by atoms with Crippen molar-refractivity contribution in [2.24, 2.45) is 0 Å². The Hall–Kier alpha value is -4.33. The number of amides is 3. The Balaban J connectivity index is 1.27. The molecule has 2 aliphatic rings. The van der Waals surface area contributed by atoms with Crippen LogP contribution < -0.4 is 9.64 Å². The van der Waals surface area contributed by atoms with E-state index in [0.29, 0.717) is 51.3 Å². The monoisotopic (exact) mass is 568 g/mol. The van der Waals surface area contributed by atoms with Crippen LogP contribution in [-0.2, 0) is 16.1 Å². The van der Waals surface area contributed by atoms with Crippen LogP contribution in [0, 0.1) is 0 Å². The number of likely N-dealkylation sites (N-methyl/N-ethyl adjacent to an activating group) is 1. The van der Waals surface area contributed by atoms with Crippen LogP contribution in [0.1, 0.15) is 48.5 Å². The van der Waals surface area contributed by atoms with Gasteiger partial charge in [-0.15, -0.1) is 0 Å². The Morgan fingerprint density at radius 3 is 2.19 bits per heavy atom. The first-order chi connectivity index (χ1) is 20.4. The van der Waals surface area contributed by atoms with Crippen molar-refractivity contribution in [2.45, 2.75) is 44.7 Å². The van der Waals surface area contributed by atoms with Crippen LogP contribution >= 0.6 is 0 Å². The third-order valence-electron chi connectivity index (χ3n) is 8.34. The summed E-state index contributed by atoms with van der Waals surface area (Å²) in [5.74, 6) is 0.563. The van der Waals surface area contributed by atoms with Gasteiger partial charge in [0.05, 0.1) is 13.3 Å². The number of unbranched alkanes of at least 4 members (excludes halogenated alkanes) is 1. The Labute approximate surface area is 248 Å². The molecule has 3 aromatic rings. The highest BCUT2D eigenvalue weighted by Crippen LogP contribution is 2.39. The Kier molecular flexibility index (Phi) is 9.10. The Bertz CT molecular complexity index is 1360. The Morgan fingerprint density at radius 1 is 0.905 bits per heavy atom. The first-order valence-electron chi connectivity index (χ1n) is 14.8. The fourth-order valence-corrected chi connectivity index (χ4v) is 5.84. The average Bonchev–Trinajstić information content (AvgIpc) is 3.28. The van der Waals surface area contributed by atoms with Gasteiger partial charge in [0.25, 0.3) is 11.8 Å². The summed E-state index contributed by atoms with van der Waals surface area (Å²) in [6, 6.07) is 27.0. The number of carbonyl (C=O) groups is 3. The molecule has 5 rings (SSSR count). The molecule has 42 heavy (non-hydrogen) atoms. The number of nitrogens with zero attached hydrogens (tertiary/aromatic N) is 4. The molecule has 0 aliphatic carbocycles. The molecule has 0 saturated carbocycles. The van der Waals surface area contributed by atoms with Crippen LogP contribution in [0.5, 0.6) is 5.75 Å². The smallest absolute Gasteiger partial charge is 0.253 e. The molecule has 0 unspecified atom stereocenters. The topological polar surface area (TPSA) is 73.4 Å². The largest absolute Gasteiger partial charge is 0.494 e. The van der Waals surface area contributed by atoms with Crippen LogP contribution in [0.25, 0.3) is 0 Å². The highest BCUT2D eigenvalue weighted by molar-refractivity contribution is 5.97. The van der Waals surface area contributed by atoms with Gasteiger partial charge in [-0.2, -0.15) is 0 Å². The number of hydrogen-bond acceptors (Lipinski definition) is 5. The molecule has 0 aromatic heterocycles. The van der Waals surface area contributed by atoms with E-state index < -0.39 is 5.54 Å². The molecule has 0 atom stereocenters. The van der Waals surface area contributed by atoms with Crippen LogP contribution in [0.3, 0.4) is 0 Å². The molecule has 2 aliphatic heterocycles. The van der Waals surface area contributed by atoms with Gasteiger partial charge in [0.1, 0.15) is 17.8 Å². The number of benzene rings is 3. The fraction of sp³-hybridized carbons (Fsp3) is 0.382. The van der Waals surface area contributed by atoms with Gasteiger partial charge in [0.15, 0.2) is 0 Å². The van der Waals surface area contributed by atoms with E-state index in [-0.39, 0.29) is 24.3 Å². The summed E-state index contributed by atoms with van der Waals surface area (Å²) < 4.78 is 5.74. The van der Waals surface area contributed by atoms with E-state index >= 15 is 0 Å². The number of carbonyl (C=O) groups excluding carboxylic acids is 3. The van der Waals surface area contributed by atoms with Gasteiger partial charge in [-0.05, 0) is 61.2 Å². The molecule has 220 valence electrons. The molecule has 3 aromatic carbocycles. The number of piperidine rings is 1. The molecule has 0 radical (unpaired) electrons. The summed E-state index contributed by atoms with van der Waals surface area (Å²) >= 11 is 0. The highest BCUT2D eigenvalue weighted by atomic mass is 16.5. The molecule has 3 amide bonds. The predicted molar refractivity (Wildman–Crippen MR) is 163 cm³/mol. The van der Waals surface area contributed by atoms with E-state index in [4.69, 9.17) is 4.74 Å². The molecule has 0 bridgehead atoms. The van der Waals surface area contributed by atoms with E-state index in [2.05, 4.69) is 11.8 Å². The zero-order valence-electron chi connectivity index (χ0n) is 24.6. The lowest BCUT2D eigenvalue weighted by Gasteiger charge is -2.43. The van der Waals surface area contributed by atoms with Gasteiger partial charge in [0.2, 0.25) is 5.91 Å². The van der Waals surface area contributed by atoms with Crippen molar-refractivity contribution < 1.29 is 19.1 Å². The van der Waals surface area contributed by atoms with Crippen molar-refractivity contribution in [1.82, 2.24) is 14.7 Å². The molecule has 2 heterocycles. The summed E-state index contributed by atoms with van der Waals surface area (Å²) in [7, 11) is 1.77. The average molecular weight is 569 g/mol. The first-order valence-corrected chi connectivity index (χ1v) is 14.8. The van der Waals surface area contributed by atoms with Gasteiger partial charge in [-0.3, -0.25) is 14.4 Å². The van der Waals surface area contributed by atoms with Crippen molar-refractivity contribution in [3.8, 4) is 5.75 Å². The quantitative estimate of drug-likeness (QED) is 0.329. The maximum atomic E-state index is 14.1. The number of likely N-dealkylation sites (tertiary alicyclic amines) is 1. The molecule has 2 fully saturated rings. The second-order valence-corrected chi connectivity index (χ2v) is 11.2. The van der Waals surface area contributed by atoms with E-state index in [1.165, 1.54) is 0 Å². The van der Waals surface area contributed by atoms with Crippen molar-refractivity contribution >= 4 is 23.4 Å². The lowest BCUT2D eigenvalue weighted by Crippen LogP contribution is -2.57. The van der Waals surface area contributed by atoms with Crippen LogP contribution in [0.15, 0.2) is 84.9 Å². The Morgan fingerprint density at radius 2 is 1.55 bits per heavy atom. The molecular weight excluding hydrogens is 528 g/mol. The summed E-state index contributed by atoms with van der Waals surface area (Å²) in [6.07, 6.45) is 3.05. The summed E-state index contributed by atoms with van der Waals surface area (Å²) in [5.41, 5.74) is 1.80. The molecule has 8 heteroatoms. The number of hydrogen-bond donors (Lipinski definition) is 0. The third-order valence-corrected chi connectivity index (χ3v) is 8.34. The predicted octanol–water partition coefficient (Wildman–Crippen LogP) is 4.81. The molecular formula is C34H40N4O4. The van der Waals surface area contributed by atoms with E-state index in [1.807, 2.05) is 89.8 Å². The fourth-order valence-electron chi connectivity index (χ4n) is 5.84. The zero-order chi connectivity index (χ0) is 29.5. The van der Waals surface area contributed by atoms with Gasteiger partial charge in [-0.1, -0.05) is 61.9 Å². The van der Waals surface area contributed by atoms with E-state index in [9.17, 15) is 14.4 Å². The minimum atomic E-state index is -0.798. The van der Waals surface area contributed by atoms with Crippen molar-refractivity contribution in [1.29, 1.82) is 0 Å². The molecule has 8 nitrogen and oxygen atoms in total. The van der Waals surface area contributed by atoms with Gasteiger partial charge < -0.3 is 24.3 Å². The van der Waals surface area contributed by atoms with E-state index in [1.54, 1.807) is 16.8 Å². The van der Waals surface area contributed by atoms with Crippen molar-refractivity contribution in [3.05, 3.63) is 96.1 Å². The lowest BCUT2D eigenvalue weighted by atomic mass is 9.85. The molecule has 0 N–H and O–H groups in total. The zero-order valence-corrected chi connectivity index (χ0v) is 24.6. The minimum Gasteiger partial charge on any atom is -0.494 e. The van der Waals surface area contributed by atoms with Crippen molar-refractivity contribution in [3.63, 3.8) is 0 Å². The van der Waals surface area contributed by atoms with Crippen LogP contribution in [-0.4, -0.2) is 77.9 Å². The van der Waals surface area contributed by atoms with Gasteiger partial charge in [0, 0.05) is 37.9 Å². The van der Waals surface area contributed by atoms with Crippen LogP contribution in [0.2, 0.25) is 0 Å². The van der Waals surface area contributed by atoms with Crippen LogP contribution in [0.4, 0.5) is 5.69 Å². The first kappa shape index (κ1) is 29.2. The molecule has 1 spiro atoms. The second kappa shape index (κ2) is 13.1. The van der Waals surface area contributed by atoms with E-state index in [0.717, 1.165) is 29.8 Å². The maximum absolute atomic E-state index is 14.1. The maximum Gasteiger partial charge on any atom is 0.253 e. The van der Waals surface area contributed by atoms with Gasteiger partial charge >= 0.3 is 0 Å². The van der Waals surface area contributed by atoms with Crippen molar-refractivity contribution in [2.75, 3.05) is 44.9 Å². The number of ether oxygens (including phenoxy) is 1. The molecule has 2 saturated heterocycles. The summed E-state index contributed by atoms with van der Waals surface area (Å²) in [4.78, 5) is 47.9. The standard InChI is InChI=1S/C34H40N4O4/c1-3-4-23-42-30-17-15-28(16-18-30)32(40)36-21-19-34(20-22-36)33(41)37(26-38(34)29-13-9-6-10-14-29)25-31(39)35(2)24-27-11-7-5-8-12-27/h5-18H,3-4,19-26H2,1-2H3. The van der Waals surface area contributed by atoms with Gasteiger partial charge in [-0.25, -0.2) is 0 Å². The second-order valence-electron chi connectivity index (χ2n) is 11.2. The normalized spacial score (nSPS) is 16.1. The minimum absolute atomic E-state index is 0.0164. The number of rotatable bonds is 10. The summed E-state index contributed by atoms with van der Waals surface area (Å²) in [5, 5.41) is 0. The number of anilines is 1. The lowest BCUT2D eigenvalue weighted by molar-refractivity contribution is -0.140. The third kappa shape index (κ3) is 6.27. The SMILES string of the molecule is CCCCOc1ccc(C(=O)N2CCC3(CC2)C(=O)N(CC(=O)N(C)Cc2ccccc2)CN3c2ccccc2)cc1.